The third kappa shape index (κ3) is 7.42. The summed E-state index contributed by atoms with van der Waals surface area (Å²) < 4.78 is 32.9. The molecule has 0 bridgehead atoms. The molecule has 2 amide bonds. The fourth-order valence-corrected chi connectivity index (χ4v) is 5.51. The van der Waals surface area contributed by atoms with E-state index in [-0.39, 0.29) is 12.0 Å². The number of hydrogen-bond donors (Lipinski definition) is 2. The Labute approximate surface area is 219 Å². The van der Waals surface area contributed by atoms with Gasteiger partial charge in [0.05, 0.1) is 29.7 Å². The highest BCUT2D eigenvalue weighted by molar-refractivity contribution is 7.19. The SMILES string of the molecule is Cc1nc(NC(=O)[C@H](C)NC(=O)Cc2cc(F)cc(F)c2)sc1-c1ccccc1COC1CCCCC1. The zero-order chi connectivity index (χ0) is 26.4. The van der Waals surface area contributed by atoms with Crippen LogP contribution in [0.15, 0.2) is 42.5 Å². The Morgan fingerprint density at radius 3 is 2.54 bits per heavy atom. The number of carbonyl (C=O) groups excluding carboxylic acids is 2. The number of nitrogens with one attached hydrogen (secondary N) is 2. The second-order valence-corrected chi connectivity index (χ2v) is 10.4. The monoisotopic (exact) mass is 527 g/mol. The van der Waals surface area contributed by atoms with E-state index in [1.165, 1.54) is 30.6 Å². The summed E-state index contributed by atoms with van der Waals surface area (Å²) in [5, 5.41) is 5.75. The molecule has 1 aliphatic rings. The second-order valence-electron chi connectivity index (χ2n) is 9.39. The molecule has 37 heavy (non-hydrogen) atoms. The van der Waals surface area contributed by atoms with Crippen LogP contribution in [-0.2, 0) is 27.4 Å². The van der Waals surface area contributed by atoms with Crippen LogP contribution in [0, 0.1) is 18.6 Å². The average molecular weight is 528 g/mol. The van der Waals surface area contributed by atoms with Crippen molar-refractivity contribution in [1.82, 2.24) is 10.3 Å². The number of aryl methyl sites for hydroxylation is 1. The lowest BCUT2D eigenvalue weighted by molar-refractivity contribution is -0.125. The van der Waals surface area contributed by atoms with Crippen molar-refractivity contribution in [1.29, 1.82) is 0 Å². The maximum Gasteiger partial charge on any atom is 0.248 e. The standard InChI is InChI=1S/C28H31F2N3O3S/c1-17-26(24-11-7-6-8-20(24)16-36-23-9-4-3-5-10-23)37-28(32-17)33-27(35)18(2)31-25(34)14-19-12-21(29)15-22(30)13-19/h6-8,11-13,15,18,23H,3-5,9-10,14,16H2,1-2H3,(H,31,34)(H,32,33,35)/t18-/m0/s1. The fourth-order valence-electron chi connectivity index (χ4n) is 4.48. The van der Waals surface area contributed by atoms with Crippen molar-refractivity contribution in [2.24, 2.45) is 0 Å². The number of rotatable bonds is 9. The van der Waals surface area contributed by atoms with Crippen LogP contribution in [0.25, 0.3) is 10.4 Å². The van der Waals surface area contributed by atoms with Crippen molar-refractivity contribution in [2.75, 3.05) is 5.32 Å². The van der Waals surface area contributed by atoms with Gasteiger partial charge in [0, 0.05) is 6.07 Å². The molecule has 1 aliphatic carbocycles. The largest absolute Gasteiger partial charge is 0.374 e. The van der Waals surface area contributed by atoms with E-state index in [9.17, 15) is 18.4 Å². The van der Waals surface area contributed by atoms with Crippen LogP contribution in [0.3, 0.4) is 0 Å². The molecule has 3 aromatic rings. The summed E-state index contributed by atoms with van der Waals surface area (Å²) in [7, 11) is 0. The van der Waals surface area contributed by atoms with Crippen molar-refractivity contribution < 1.29 is 23.1 Å². The molecule has 1 heterocycles. The maximum absolute atomic E-state index is 13.4. The number of hydrogen-bond acceptors (Lipinski definition) is 5. The fraction of sp³-hybridized carbons (Fsp3) is 0.393. The molecule has 2 N–H and O–H groups in total. The van der Waals surface area contributed by atoms with Crippen molar-refractivity contribution in [3.63, 3.8) is 0 Å². The minimum atomic E-state index is -0.866. The predicted molar refractivity (Wildman–Crippen MR) is 140 cm³/mol. The maximum atomic E-state index is 13.4. The van der Waals surface area contributed by atoms with Gasteiger partial charge in [-0.25, -0.2) is 13.8 Å². The molecule has 0 aliphatic heterocycles. The van der Waals surface area contributed by atoms with Crippen molar-refractivity contribution in [3.8, 4) is 10.4 Å². The predicted octanol–water partition coefficient (Wildman–Crippen LogP) is 5.93. The van der Waals surface area contributed by atoms with Gasteiger partial charge < -0.3 is 15.4 Å². The van der Waals surface area contributed by atoms with E-state index in [1.54, 1.807) is 6.92 Å². The van der Waals surface area contributed by atoms with Crippen molar-refractivity contribution in [2.45, 2.75) is 71.1 Å². The van der Waals surface area contributed by atoms with Gasteiger partial charge in [0.2, 0.25) is 11.8 Å². The molecule has 1 saturated carbocycles. The number of nitrogens with zero attached hydrogens (tertiary/aromatic N) is 1. The topological polar surface area (TPSA) is 80.3 Å². The lowest BCUT2D eigenvalue weighted by Gasteiger charge is -2.22. The van der Waals surface area contributed by atoms with Crippen molar-refractivity contribution >= 4 is 28.3 Å². The minimum Gasteiger partial charge on any atom is -0.374 e. The molecule has 9 heteroatoms. The van der Waals surface area contributed by atoms with Crippen LogP contribution in [0.4, 0.5) is 13.9 Å². The van der Waals surface area contributed by atoms with Gasteiger partial charge in [0.25, 0.3) is 0 Å². The quantitative estimate of drug-likeness (QED) is 0.361. The number of halogens is 2. The first-order valence-corrected chi connectivity index (χ1v) is 13.3. The van der Waals surface area contributed by atoms with Crippen LogP contribution in [0.5, 0.6) is 0 Å². The molecule has 0 unspecified atom stereocenters. The first-order chi connectivity index (χ1) is 17.8. The molecule has 1 fully saturated rings. The van der Waals surface area contributed by atoms with Crippen LogP contribution in [0.1, 0.15) is 55.8 Å². The number of thiazole rings is 1. The Morgan fingerprint density at radius 2 is 1.81 bits per heavy atom. The lowest BCUT2D eigenvalue weighted by atomic mass is 9.97. The average Bonchev–Trinajstić information content (AvgIpc) is 3.22. The van der Waals surface area contributed by atoms with Crippen LogP contribution >= 0.6 is 11.3 Å². The van der Waals surface area contributed by atoms with E-state index in [1.807, 2.05) is 25.1 Å². The third-order valence-corrected chi connectivity index (χ3v) is 7.48. The third-order valence-electron chi connectivity index (χ3n) is 6.37. The van der Waals surface area contributed by atoms with Crippen LogP contribution in [-0.4, -0.2) is 28.9 Å². The second kappa shape index (κ2) is 12.4. The number of ether oxygens (including phenoxy) is 1. The Kier molecular flexibility index (Phi) is 9.00. The summed E-state index contributed by atoms with van der Waals surface area (Å²) in [6, 6.07) is 10.1. The van der Waals surface area contributed by atoms with E-state index in [0.29, 0.717) is 17.8 Å². The van der Waals surface area contributed by atoms with Gasteiger partial charge in [-0.3, -0.25) is 9.59 Å². The number of benzene rings is 2. The van der Waals surface area contributed by atoms with E-state index in [2.05, 4.69) is 21.7 Å². The summed E-state index contributed by atoms with van der Waals surface area (Å²) in [5.41, 5.74) is 3.08. The van der Waals surface area contributed by atoms with Crippen LogP contribution in [0.2, 0.25) is 0 Å². The summed E-state index contributed by atoms with van der Waals surface area (Å²) >= 11 is 1.36. The Hall–Kier alpha value is -3.17. The van der Waals surface area contributed by atoms with Crippen molar-refractivity contribution in [3.05, 3.63) is 70.9 Å². The number of amides is 2. The van der Waals surface area contributed by atoms with Gasteiger partial charge in [0.1, 0.15) is 17.7 Å². The molecule has 6 nitrogen and oxygen atoms in total. The summed E-state index contributed by atoms with van der Waals surface area (Å²) in [6.45, 7) is 3.96. The molecule has 196 valence electrons. The van der Waals surface area contributed by atoms with E-state index < -0.39 is 29.5 Å². The first kappa shape index (κ1) is 26.9. The zero-order valence-corrected chi connectivity index (χ0v) is 21.8. The molecule has 0 saturated heterocycles. The normalized spacial score (nSPS) is 14.8. The Balaban J connectivity index is 1.37. The highest BCUT2D eigenvalue weighted by atomic mass is 32.1. The van der Waals surface area contributed by atoms with E-state index in [4.69, 9.17) is 4.74 Å². The van der Waals surface area contributed by atoms with Gasteiger partial charge in [-0.15, -0.1) is 0 Å². The Bertz CT molecular complexity index is 1240. The van der Waals surface area contributed by atoms with E-state index in [0.717, 1.165) is 52.7 Å². The molecule has 2 aromatic carbocycles. The number of aromatic nitrogens is 1. The molecule has 1 atom stereocenters. The molecule has 0 spiro atoms. The van der Waals surface area contributed by atoms with Gasteiger partial charge >= 0.3 is 0 Å². The van der Waals surface area contributed by atoms with Crippen LogP contribution < -0.4 is 10.6 Å². The summed E-state index contributed by atoms with van der Waals surface area (Å²) in [5.74, 6) is -2.47. The smallest absolute Gasteiger partial charge is 0.248 e. The zero-order valence-electron chi connectivity index (χ0n) is 21.0. The highest BCUT2D eigenvalue weighted by Gasteiger charge is 2.20. The number of carbonyl (C=O) groups is 2. The highest BCUT2D eigenvalue weighted by Crippen LogP contribution is 2.35. The van der Waals surface area contributed by atoms with Gasteiger partial charge in [-0.05, 0) is 55.5 Å². The van der Waals surface area contributed by atoms with Gasteiger partial charge in [-0.2, -0.15) is 0 Å². The Morgan fingerprint density at radius 1 is 1.11 bits per heavy atom. The molecular weight excluding hydrogens is 496 g/mol. The lowest BCUT2D eigenvalue weighted by Crippen LogP contribution is -2.42. The molecule has 4 rings (SSSR count). The summed E-state index contributed by atoms with van der Waals surface area (Å²) in [4.78, 5) is 30.5. The molecule has 1 aromatic heterocycles. The molecular formula is C28H31F2N3O3S. The minimum absolute atomic E-state index is 0.189. The van der Waals surface area contributed by atoms with E-state index >= 15 is 0 Å². The number of anilines is 1. The summed E-state index contributed by atoms with van der Waals surface area (Å²) in [6.07, 6.45) is 5.97. The first-order valence-electron chi connectivity index (χ1n) is 12.5. The van der Waals surface area contributed by atoms with Gasteiger partial charge in [-0.1, -0.05) is 54.9 Å². The van der Waals surface area contributed by atoms with Gasteiger partial charge in [0.15, 0.2) is 5.13 Å². The molecule has 0 radical (unpaired) electrons.